The van der Waals surface area contributed by atoms with Gasteiger partial charge in [0.05, 0.1) is 0 Å². The van der Waals surface area contributed by atoms with Crippen LogP contribution in [-0.2, 0) is 6.54 Å². The third-order valence-corrected chi connectivity index (χ3v) is 2.03. The molecule has 4 heteroatoms. The lowest BCUT2D eigenvalue weighted by Gasteiger charge is -2.01. The molecule has 0 bridgehead atoms. The number of hydrogen-bond donors (Lipinski definition) is 2. The van der Waals surface area contributed by atoms with Gasteiger partial charge in [0.15, 0.2) is 0 Å². The summed E-state index contributed by atoms with van der Waals surface area (Å²) in [6, 6.07) is 5.38. The highest BCUT2D eigenvalue weighted by atomic mass is 35.5. The summed E-state index contributed by atoms with van der Waals surface area (Å²) in [5.74, 6) is 0. The third-order valence-electron chi connectivity index (χ3n) is 1.28. The largest absolute Gasteiger partial charge is 0.262 e. The lowest BCUT2D eigenvalue weighted by molar-refractivity contribution is 0.986. The van der Waals surface area contributed by atoms with Crippen molar-refractivity contribution in [2.45, 2.75) is 6.54 Å². The van der Waals surface area contributed by atoms with Crippen LogP contribution in [0.5, 0.6) is 0 Å². The Morgan fingerprint density at radius 1 is 1.36 bits per heavy atom. The van der Waals surface area contributed by atoms with E-state index in [9.17, 15) is 0 Å². The fourth-order valence-electron chi connectivity index (χ4n) is 0.750. The van der Waals surface area contributed by atoms with Crippen molar-refractivity contribution in [3.63, 3.8) is 0 Å². The maximum atomic E-state index is 5.85. The molecule has 11 heavy (non-hydrogen) atoms. The normalized spacial score (nSPS) is 10.1. The minimum atomic E-state index is 0.638. The monoisotopic (exact) mass is 207 g/mol. The number of thiol groups is 1. The zero-order valence-corrected chi connectivity index (χ0v) is 8.05. The topological polar surface area (TPSA) is 12.0 Å². The minimum Gasteiger partial charge on any atom is -0.262 e. The van der Waals surface area contributed by atoms with Crippen molar-refractivity contribution in [1.82, 2.24) is 4.72 Å². The average molecular weight is 208 g/mol. The van der Waals surface area contributed by atoms with Crippen molar-refractivity contribution in [3.8, 4) is 0 Å². The van der Waals surface area contributed by atoms with Gasteiger partial charge < -0.3 is 0 Å². The summed E-state index contributed by atoms with van der Waals surface area (Å²) in [4.78, 5) is 0. The fourth-order valence-corrected chi connectivity index (χ4v) is 1.40. The van der Waals surface area contributed by atoms with Gasteiger partial charge in [-0.3, -0.25) is 4.72 Å². The van der Waals surface area contributed by atoms with Gasteiger partial charge in [-0.15, -0.1) is 0 Å². The standard InChI is InChI=1S/C7H7Cl2NS/c8-6-2-1-5(4-10-11)7(9)3-6/h1-3,10-11H,4H2. The van der Waals surface area contributed by atoms with Gasteiger partial charge in [-0.25, -0.2) is 0 Å². The number of hydrogen-bond acceptors (Lipinski definition) is 2. The second-order valence-corrected chi connectivity index (χ2v) is 3.23. The molecular weight excluding hydrogens is 201 g/mol. The van der Waals surface area contributed by atoms with Gasteiger partial charge in [-0.1, -0.05) is 42.1 Å². The first-order chi connectivity index (χ1) is 5.24. The van der Waals surface area contributed by atoms with Gasteiger partial charge in [0.1, 0.15) is 0 Å². The van der Waals surface area contributed by atoms with Crippen LogP contribution in [0.3, 0.4) is 0 Å². The summed E-state index contributed by atoms with van der Waals surface area (Å²) < 4.78 is 2.71. The lowest BCUT2D eigenvalue weighted by Crippen LogP contribution is -1.98. The quantitative estimate of drug-likeness (QED) is 0.712. The Kier molecular flexibility index (Phi) is 3.52. The van der Waals surface area contributed by atoms with E-state index >= 15 is 0 Å². The Morgan fingerprint density at radius 2 is 2.09 bits per heavy atom. The van der Waals surface area contributed by atoms with E-state index in [1.54, 1.807) is 12.1 Å². The second-order valence-electron chi connectivity index (χ2n) is 2.07. The molecule has 0 saturated carbocycles. The van der Waals surface area contributed by atoms with Crippen LogP contribution in [0, 0.1) is 0 Å². The molecule has 0 saturated heterocycles. The van der Waals surface area contributed by atoms with E-state index in [-0.39, 0.29) is 0 Å². The number of halogens is 2. The van der Waals surface area contributed by atoms with Crippen LogP contribution < -0.4 is 4.72 Å². The molecule has 1 nitrogen and oxygen atoms in total. The summed E-state index contributed by atoms with van der Waals surface area (Å²) in [6.45, 7) is 0.638. The summed E-state index contributed by atoms with van der Waals surface area (Å²) >= 11 is 15.4. The van der Waals surface area contributed by atoms with E-state index in [0.717, 1.165) is 5.56 Å². The van der Waals surface area contributed by atoms with Crippen molar-refractivity contribution < 1.29 is 0 Å². The van der Waals surface area contributed by atoms with Crippen molar-refractivity contribution in [2.24, 2.45) is 0 Å². The number of nitrogens with one attached hydrogen (secondary N) is 1. The van der Waals surface area contributed by atoms with E-state index in [2.05, 4.69) is 17.5 Å². The molecule has 0 aliphatic heterocycles. The maximum absolute atomic E-state index is 5.85. The molecule has 0 aromatic heterocycles. The van der Waals surface area contributed by atoms with Crippen molar-refractivity contribution in [3.05, 3.63) is 33.8 Å². The predicted molar refractivity (Wildman–Crippen MR) is 52.3 cm³/mol. The van der Waals surface area contributed by atoms with Gasteiger partial charge in [0.2, 0.25) is 0 Å². The van der Waals surface area contributed by atoms with Crippen LogP contribution in [0.1, 0.15) is 5.56 Å². The van der Waals surface area contributed by atoms with Crippen LogP contribution in [0.4, 0.5) is 0 Å². The SMILES string of the molecule is SNCc1ccc(Cl)cc1Cl. The average Bonchev–Trinajstić information content (AvgIpc) is 1.95. The molecule has 0 heterocycles. The van der Waals surface area contributed by atoms with Gasteiger partial charge in [0, 0.05) is 16.6 Å². The molecule has 1 aromatic carbocycles. The second kappa shape index (κ2) is 4.21. The predicted octanol–water partition coefficient (Wildman–Crippen LogP) is 2.93. The summed E-state index contributed by atoms with van der Waals surface area (Å²) in [5, 5.41) is 1.32. The molecule has 0 atom stereocenters. The van der Waals surface area contributed by atoms with Crippen molar-refractivity contribution >= 4 is 36.0 Å². The summed E-state index contributed by atoms with van der Waals surface area (Å²) in [6.07, 6.45) is 0. The molecule has 1 N–H and O–H groups in total. The Bertz CT molecular complexity index is 252. The number of benzene rings is 1. The van der Waals surface area contributed by atoms with Crippen LogP contribution >= 0.6 is 36.0 Å². The summed E-state index contributed by atoms with van der Waals surface area (Å²) in [5.41, 5.74) is 0.992. The molecule has 0 radical (unpaired) electrons. The summed E-state index contributed by atoms with van der Waals surface area (Å²) in [7, 11) is 0. The molecule has 0 amide bonds. The molecule has 0 aliphatic rings. The van der Waals surface area contributed by atoms with Gasteiger partial charge in [-0.05, 0) is 17.7 Å². The Labute approximate surface area is 81.2 Å². The first kappa shape index (κ1) is 9.20. The van der Waals surface area contributed by atoms with E-state index in [1.165, 1.54) is 0 Å². The van der Waals surface area contributed by atoms with Gasteiger partial charge >= 0.3 is 0 Å². The third kappa shape index (κ3) is 2.56. The Hall–Kier alpha value is 0.110. The molecule has 0 fully saturated rings. The Morgan fingerprint density at radius 3 is 2.64 bits per heavy atom. The maximum Gasteiger partial charge on any atom is 0.0466 e. The zero-order chi connectivity index (χ0) is 8.27. The highest BCUT2D eigenvalue weighted by Gasteiger charge is 1.98. The zero-order valence-electron chi connectivity index (χ0n) is 5.64. The van der Waals surface area contributed by atoms with E-state index < -0.39 is 0 Å². The highest BCUT2D eigenvalue weighted by molar-refractivity contribution is 7.78. The molecule has 1 rings (SSSR count). The molecule has 60 valence electrons. The van der Waals surface area contributed by atoms with Crippen LogP contribution in [0.2, 0.25) is 10.0 Å². The molecular formula is C7H7Cl2NS. The minimum absolute atomic E-state index is 0.638. The smallest absolute Gasteiger partial charge is 0.0466 e. The molecule has 0 aliphatic carbocycles. The highest BCUT2D eigenvalue weighted by Crippen LogP contribution is 2.20. The van der Waals surface area contributed by atoms with E-state index in [1.807, 2.05) is 6.07 Å². The molecule has 0 unspecified atom stereocenters. The van der Waals surface area contributed by atoms with Crippen LogP contribution in [0.15, 0.2) is 18.2 Å². The van der Waals surface area contributed by atoms with Crippen LogP contribution in [-0.4, -0.2) is 0 Å². The van der Waals surface area contributed by atoms with E-state index in [0.29, 0.717) is 16.6 Å². The molecule has 0 spiro atoms. The fraction of sp³-hybridized carbons (Fsp3) is 0.143. The first-order valence-electron chi connectivity index (χ1n) is 3.05. The van der Waals surface area contributed by atoms with Crippen molar-refractivity contribution in [1.29, 1.82) is 0 Å². The Balaban J connectivity index is 2.90. The number of rotatable bonds is 2. The van der Waals surface area contributed by atoms with E-state index in [4.69, 9.17) is 23.2 Å². The first-order valence-corrected chi connectivity index (χ1v) is 4.25. The van der Waals surface area contributed by atoms with Gasteiger partial charge in [-0.2, -0.15) is 0 Å². The van der Waals surface area contributed by atoms with Crippen LogP contribution in [0.25, 0.3) is 0 Å². The lowest BCUT2D eigenvalue weighted by atomic mass is 10.2. The van der Waals surface area contributed by atoms with Gasteiger partial charge in [0.25, 0.3) is 0 Å². The van der Waals surface area contributed by atoms with Crippen molar-refractivity contribution in [2.75, 3.05) is 0 Å². The molecule has 1 aromatic rings.